The van der Waals surface area contributed by atoms with Crippen LogP contribution in [-0.4, -0.2) is 52.9 Å². The molecule has 2 aromatic heterocycles. The van der Waals surface area contributed by atoms with Crippen LogP contribution in [0.2, 0.25) is 0 Å². The SMILES string of the molecule is COc1cc(/C=C/C(=O)c2cc(OC)c(OC)c(OC)c2)ccc1Oc1nc2c(c(=O)n(C)c(=O)n2C)n1C. The Bertz CT molecular complexity index is 1700. The number of methoxy groups -OCH3 is 4. The van der Waals surface area contributed by atoms with Gasteiger partial charge < -0.3 is 23.7 Å². The second kappa shape index (κ2) is 10.8. The van der Waals surface area contributed by atoms with Crippen LogP contribution in [0.25, 0.3) is 17.2 Å². The Morgan fingerprint density at radius 3 is 2.03 bits per heavy atom. The average Bonchev–Trinajstić information content (AvgIpc) is 3.28. The van der Waals surface area contributed by atoms with Gasteiger partial charge in [-0.3, -0.25) is 23.3 Å². The highest BCUT2D eigenvalue weighted by molar-refractivity contribution is 6.07. The van der Waals surface area contributed by atoms with E-state index in [1.165, 1.54) is 57.7 Å². The van der Waals surface area contributed by atoms with Crippen molar-refractivity contribution in [1.29, 1.82) is 0 Å². The van der Waals surface area contributed by atoms with Crippen molar-refractivity contribution < 1.29 is 28.5 Å². The largest absolute Gasteiger partial charge is 0.493 e. The van der Waals surface area contributed by atoms with E-state index < -0.39 is 11.2 Å². The molecule has 2 heterocycles. The molecule has 0 atom stereocenters. The topological polar surface area (TPSA) is 125 Å². The number of carbonyl (C=O) groups excluding carboxylic acids is 1. The molecule has 0 spiro atoms. The maximum Gasteiger partial charge on any atom is 0.332 e. The van der Waals surface area contributed by atoms with Gasteiger partial charge >= 0.3 is 11.7 Å². The van der Waals surface area contributed by atoms with Gasteiger partial charge in [0.2, 0.25) is 5.75 Å². The van der Waals surface area contributed by atoms with Crippen molar-refractivity contribution in [2.24, 2.45) is 21.1 Å². The molecule has 4 rings (SSSR count). The summed E-state index contributed by atoms with van der Waals surface area (Å²) in [5.74, 6) is 1.55. The first kappa shape index (κ1) is 27.0. The molecule has 0 bridgehead atoms. The predicted molar refractivity (Wildman–Crippen MR) is 144 cm³/mol. The van der Waals surface area contributed by atoms with Gasteiger partial charge in [-0.15, -0.1) is 0 Å². The number of imidazole rings is 1. The van der Waals surface area contributed by atoms with E-state index in [-0.39, 0.29) is 23.0 Å². The van der Waals surface area contributed by atoms with Crippen LogP contribution in [0.15, 0.2) is 46.0 Å². The highest BCUT2D eigenvalue weighted by atomic mass is 16.5. The number of aryl methyl sites for hydroxylation is 2. The molecule has 0 radical (unpaired) electrons. The summed E-state index contributed by atoms with van der Waals surface area (Å²) in [5, 5.41) is 0. The van der Waals surface area contributed by atoms with E-state index in [0.29, 0.717) is 39.9 Å². The molecule has 0 amide bonds. The fourth-order valence-corrected chi connectivity index (χ4v) is 4.05. The summed E-state index contributed by atoms with van der Waals surface area (Å²) in [6.45, 7) is 0. The number of ketones is 1. The molecule has 0 aliphatic carbocycles. The molecule has 0 saturated heterocycles. The fourth-order valence-electron chi connectivity index (χ4n) is 4.05. The summed E-state index contributed by atoms with van der Waals surface area (Å²) in [5.41, 5.74) is 0.466. The van der Waals surface area contributed by atoms with Crippen molar-refractivity contribution in [3.05, 3.63) is 68.4 Å². The van der Waals surface area contributed by atoms with Gasteiger partial charge in [0, 0.05) is 26.7 Å². The number of allylic oxidation sites excluding steroid dienone is 1. The van der Waals surface area contributed by atoms with E-state index in [1.807, 2.05) is 0 Å². The van der Waals surface area contributed by atoms with E-state index in [9.17, 15) is 14.4 Å². The zero-order chi connectivity index (χ0) is 28.4. The standard InChI is InChI=1S/C27H28N4O8/c1-29-22-24(30(2)27(34)31(3)25(22)33)28-26(29)39-18-11-9-15(12-19(18)35-4)8-10-17(32)16-13-20(36-5)23(38-7)21(14-16)37-6/h8-14H,1-7H3/b10-8+. The van der Waals surface area contributed by atoms with Gasteiger partial charge in [0.25, 0.3) is 5.56 Å². The Morgan fingerprint density at radius 1 is 0.795 bits per heavy atom. The number of aromatic nitrogens is 4. The van der Waals surface area contributed by atoms with Gasteiger partial charge in [-0.25, -0.2) is 4.79 Å². The van der Waals surface area contributed by atoms with Crippen molar-refractivity contribution in [3.63, 3.8) is 0 Å². The first-order chi connectivity index (χ1) is 18.6. The second-order valence-corrected chi connectivity index (χ2v) is 8.46. The third-order valence-electron chi connectivity index (χ3n) is 6.20. The fraction of sp³-hybridized carbons (Fsp3) is 0.259. The lowest BCUT2D eigenvalue weighted by molar-refractivity contribution is 0.104. The minimum absolute atomic E-state index is 0.0995. The third kappa shape index (κ3) is 4.83. The number of carbonyl (C=O) groups is 1. The van der Waals surface area contributed by atoms with E-state index in [2.05, 4.69) is 4.98 Å². The number of nitrogens with zero attached hydrogens (tertiary/aromatic N) is 4. The Balaban J connectivity index is 1.63. The smallest absolute Gasteiger partial charge is 0.332 e. The molecule has 0 fully saturated rings. The van der Waals surface area contributed by atoms with Crippen LogP contribution in [-0.2, 0) is 21.1 Å². The molecule has 0 aliphatic heterocycles. The number of fused-ring (bicyclic) bond motifs is 1. The number of ether oxygens (including phenoxy) is 5. The van der Waals surface area contributed by atoms with Gasteiger partial charge in [-0.1, -0.05) is 12.1 Å². The Hall–Kier alpha value is -5.00. The van der Waals surface area contributed by atoms with Crippen LogP contribution >= 0.6 is 0 Å². The van der Waals surface area contributed by atoms with E-state index in [0.717, 1.165) is 4.57 Å². The van der Waals surface area contributed by atoms with Gasteiger partial charge in [0.1, 0.15) is 0 Å². The highest BCUT2D eigenvalue weighted by Gasteiger charge is 2.20. The van der Waals surface area contributed by atoms with E-state index in [4.69, 9.17) is 23.7 Å². The summed E-state index contributed by atoms with van der Waals surface area (Å²) in [7, 11) is 10.5. The van der Waals surface area contributed by atoms with Crippen molar-refractivity contribution in [1.82, 2.24) is 18.7 Å². The normalized spacial score (nSPS) is 11.2. The summed E-state index contributed by atoms with van der Waals surface area (Å²) in [6, 6.07) is 8.32. The molecular formula is C27H28N4O8. The molecule has 0 saturated carbocycles. The number of hydrogen-bond donors (Lipinski definition) is 0. The predicted octanol–water partition coefficient (Wildman–Crippen LogP) is 2.69. The van der Waals surface area contributed by atoms with E-state index in [1.54, 1.807) is 43.5 Å². The van der Waals surface area contributed by atoms with Crippen LogP contribution < -0.4 is 34.9 Å². The lowest BCUT2D eigenvalue weighted by Crippen LogP contribution is -2.37. The molecule has 0 unspecified atom stereocenters. The van der Waals surface area contributed by atoms with Crippen molar-refractivity contribution in [3.8, 4) is 34.8 Å². The summed E-state index contributed by atoms with van der Waals surface area (Å²) in [6.07, 6.45) is 3.05. The first-order valence-electron chi connectivity index (χ1n) is 11.7. The number of rotatable bonds is 9. The van der Waals surface area contributed by atoms with Crippen molar-refractivity contribution in [2.45, 2.75) is 0 Å². The lowest BCUT2D eigenvalue weighted by Gasteiger charge is -2.13. The first-order valence-corrected chi connectivity index (χ1v) is 11.7. The molecule has 2 aromatic carbocycles. The molecule has 12 nitrogen and oxygen atoms in total. The van der Waals surface area contributed by atoms with Gasteiger partial charge in [-0.05, 0) is 35.9 Å². The van der Waals surface area contributed by atoms with Crippen LogP contribution in [0.3, 0.4) is 0 Å². The Morgan fingerprint density at radius 2 is 1.44 bits per heavy atom. The quantitative estimate of drug-likeness (QED) is 0.234. The van der Waals surface area contributed by atoms with Crippen molar-refractivity contribution in [2.75, 3.05) is 28.4 Å². The lowest BCUT2D eigenvalue weighted by atomic mass is 10.1. The molecule has 0 aliphatic rings. The molecule has 0 N–H and O–H groups in total. The van der Waals surface area contributed by atoms with Crippen LogP contribution in [0, 0.1) is 0 Å². The van der Waals surface area contributed by atoms with Gasteiger partial charge in [-0.2, -0.15) is 4.98 Å². The number of hydrogen-bond acceptors (Lipinski definition) is 9. The highest BCUT2D eigenvalue weighted by Crippen LogP contribution is 2.38. The minimum Gasteiger partial charge on any atom is -0.493 e. The van der Waals surface area contributed by atoms with Crippen LogP contribution in [0.4, 0.5) is 0 Å². The summed E-state index contributed by atoms with van der Waals surface area (Å²) >= 11 is 0. The maximum atomic E-state index is 12.9. The maximum absolute atomic E-state index is 12.9. The molecule has 39 heavy (non-hydrogen) atoms. The van der Waals surface area contributed by atoms with Gasteiger partial charge in [0.15, 0.2) is 39.9 Å². The average molecular weight is 537 g/mol. The zero-order valence-electron chi connectivity index (χ0n) is 22.6. The molecule has 204 valence electrons. The third-order valence-corrected chi connectivity index (χ3v) is 6.20. The number of benzene rings is 2. The van der Waals surface area contributed by atoms with E-state index >= 15 is 0 Å². The Labute approximate surface area is 223 Å². The summed E-state index contributed by atoms with van der Waals surface area (Å²) in [4.78, 5) is 42.2. The van der Waals surface area contributed by atoms with Gasteiger partial charge in [0.05, 0.1) is 28.4 Å². The van der Waals surface area contributed by atoms with Crippen molar-refractivity contribution >= 4 is 23.0 Å². The monoisotopic (exact) mass is 536 g/mol. The van der Waals surface area contributed by atoms with Crippen LogP contribution in [0.1, 0.15) is 15.9 Å². The molecular weight excluding hydrogens is 508 g/mol. The molecule has 4 aromatic rings. The minimum atomic E-state index is -0.494. The Kier molecular flexibility index (Phi) is 7.47. The van der Waals surface area contributed by atoms with Crippen LogP contribution in [0.5, 0.6) is 34.8 Å². The second-order valence-electron chi connectivity index (χ2n) is 8.46. The molecule has 12 heteroatoms. The zero-order valence-corrected chi connectivity index (χ0v) is 22.6. The summed E-state index contributed by atoms with van der Waals surface area (Å²) < 4.78 is 31.2.